The fraction of sp³-hybridized carbons (Fsp3) is 0.933. The van der Waals surface area contributed by atoms with Gasteiger partial charge >= 0.3 is 5.97 Å². The quantitative estimate of drug-likeness (QED) is 0.771. The Morgan fingerprint density at radius 2 is 1.67 bits per heavy atom. The molecule has 0 spiro atoms. The molecule has 1 N–H and O–H groups in total. The molecule has 0 aromatic heterocycles. The monoisotopic (exact) mass is 257 g/mol. The second-order valence-electron chi connectivity index (χ2n) is 6.72. The highest BCUT2D eigenvalue weighted by Gasteiger charge is 2.21. The second kappa shape index (κ2) is 8.52. The molecular formula is C15H31NO2. The molecule has 1 fully saturated rings. The molecule has 0 atom stereocenters. The minimum absolute atomic E-state index is 0.0515. The average molecular weight is 257 g/mol. The average Bonchev–Trinajstić information content (AvgIpc) is 2.14. The van der Waals surface area contributed by atoms with E-state index in [1.165, 1.54) is 0 Å². The third-order valence-electron chi connectivity index (χ3n) is 2.33. The van der Waals surface area contributed by atoms with E-state index < -0.39 is 0 Å². The number of hydrogen-bond donors (Lipinski definition) is 1. The summed E-state index contributed by atoms with van der Waals surface area (Å²) in [5.41, 5.74) is -0.343. The van der Waals surface area contributed by atoms with Gasteiger partial charge in [-0.15, -0.1) is 0 Å². The summed E-state index contributed by atoms with van der Waals surface area (Å²) in [6, 6.07) is 0. The molecule has 0 aliphatic carbocycles. The summed E-state index contributed by atoms with van der Waals surface area (Å²) in [6.07, 6.45) is 2.78. The van der Waals surface area contributed by atoms with Gasteiger partial charge in [-0.05, 0) is 58.5 Å². The van der Waals surface area contributed by atoms with Crippen molar-refractivity contribution >= 4 is 5.97 Å². The third kappa shape index (κ3) is 11.9. The lowest BCUT2D eigenvalue weighted by atomic mass is 9.95. The lowest BCUT2D eigenvalue weighted by molar-refractivity contribution is -0.156. The number of carbonyl (C=O) groups excluding carboxylic acids is 1. The molecule has 3 nitrogen and oxygen atoms in total. The molecule has 108 valence electrons. The first-order chi connectivity index (χ1) is 8.20. The zero-order valence-electron chi connectivity index (χ0n) is 13.0. The maximum absolute atomic E-state index is 11.5. The van der Waals surface area contributed by atoms with Gasteiger partial charge in [0.15, 0.2) is 0 Å². The molecule has 18 heavy (non-hydrogen) atoms. The van der Waals surface area contributed by atoms with Gasteiger partial charge in [0.1, 0.15) is 5.60 Å². The van der Waals surface area contributed by atoms with E-state index in [0.29, 0.717) is 12.3 Å². The molecule has 0 bridgehead atoms. The van der Waals surface area contributed by atoms with Crippen molar-refractivity contribution in [2.75, 3.05) is 13.1 Å². The van der Waals surface area contributed by atoms with Crippen molar-refractivity contribution in [3.8, 4) is 0 Å². The predicted molar refractivity (Wildman–Crippen MR) is 76.6 cm³/mol. The topological polar surface area (TPSA) is 38.3 Å². The summed E-state index contributed by atoms with van der Waals surface area (Å²) in [7, 11) is 0. The van der Waals surface area contributed by atoms with Crippen LogP contribution in [0.25, 0.3) is 0 Å². The first kappa shape index (κ1) is 17.4. The van der Waals surface area contributed by atoms with Crippen LogP contribution in [-0.2, 0) is 9.53 Å². The lowest BCUT2D eigenvalue weighted by Gasteiger charge is -2.24. The molecular weight excluding hydrogens is 226 g/mol. The summed E-state index contributed by atoms with van der Waals surface area (Å²) in [6.45, 7) is 14.3. The van der Waals surface area contributed by atoms with Crippen LogP contribution in [0.2, 0.25) is 0 Å². The van der Waals surface area contributed by atoms with E-state index in [9.17, 15) is 4.79 Å². The van der Waals surface area contributed by atoms with Crippen molar-refractivity contribution < 1.29 is 9.53 Å². The standard InChI is InChI=1S/C11H21NO2.C4H10/c1-11(2,3)14-10(13)8-9-4-6-12-7-5-9;1-4(2)3/h9,12H,4-8H2,1-3H3;4H,1-3H3. The highest BCUT2D eigenvalue weighted by atomic mass is 16.6. The van der Waals surface area contributed by atoms with Gasteiger partial charge in [-0.2, -0.15) is 0 Å². The summed E-state index contributed by atoms with van der Waals surface area (Å²) in [4.78, 5) is 11.5. The predicted octanol–water partition coefficient (Wildman–Crippen LogP) is 3.38. The first-order valence-electron chi connectivity index (χ1n) is 7.13. The van der Waals surface area contributed by atoms with E-state index in [1.807, 2.05) is 20.8 Å². The van der Waals surface area contributed by atoms with Crippen LogP contribution in [0.15, 0.2) is 0 Å². The molecule has 1 heterocycles. The number of nitrogens with one attached hydrogen (secondary N) is 1. The van der Waals surface area contributed by atoms with Crippen LogP contribution in [0.1, 0.15) is 60.8 Å². The fourth-order valence-corrected chi connectivity index (χ4v) is 1.70. The van der Waals surface area contributed by atoms with Crippen molar-refractivity contribution in [1.82, 2.24) is 5.32 Å². The zero-order valence-corrected chi connectivity index (χ0v) is 13.0. The zero-order chi connectivity index (χ0) is 14.2. The molecule has 0 amide bonds. The normalized spacial score (nSPS) is 17.1. The van der Waals surface area contributed by atoms with Crippen LogP contribution in [-0.4, -0.2) is 24.7 Å². The number of rotatable bonds is 2. The SMILES string of the molecule is CC(C)(C)OC(=O)CC1CCNCC1.CC(C)C. The lowest BCUT2D eigenvalue weighted by Crippen LogP contribution is -2.31. The minimum atomic E-state index is -0.343. The van der Waals surface area contributed by atoms with Crippen LogP contribution in [0.5, 0.6) is 0 Å². The van der Waals surface area contributed by atoms with Crippen LogP contribution >= 0.6 is 0 Å². The van der Waals surface area contributed by atoms with E-state index in [-0.39, 0.29) is 11.6 Å². The van der Waals surface area contributed by atoms with Crippen molar-refractivity contribution in [2.24, 2.45) is 11.8 Å². The van der Waals surface area contributed by atoms with E-state index in [1.54, 1.807) is 0 Å². The van der Waals surface area contributed by atoms with Gasteiger partial charge in [0.05, 0.1) is 0 Å². The van der Waals surface area contributed by atoms with Crippen LogP contribution in [0, 0.1) is 11.8 Å². The fourth-order valence-electron chi connectivity index (χ4n) is 1.70. The Kier molecular flexibility index (Phi) is 8.25. The maximum Gasteiger partial charge on any atom is 0.306 e. The molecule has 1 rings (SSSR count). The Morgan fingerprint density at radius 3 is 2.06 bits per heavy atom. The van der Waals surface area contributed by atoms with Gasteiger partial charge < -0.3 is 10.1 Å². The Morgan fingerprint density at radius 1 is 1.22 bits per heavy atom. The molecule has 0 unspecified atom stereocenters. The molecule has 0 aromatic carbocycles. The van der Waals surface area contributed by atoms with E-state index in [0.717, 1.165) is 31.8 Å². The van der Waals surface area contributed by atoms with Crippen LogP contribution in [0.4, 0.5) is 0 Å². The molecule has 0 aromatic rings. The number of carbonyl (C=O) groups is 1. The third-order valence-corrected chi connectivity index (χ3v) is 2.33. The van der Waals surface area contributed by atoms with Crippen LogP contribution in [0.3, 0.4) is 0 Å². The summed E-state index contributed by atoms with van der Waals surface area (Å²) < 4.78 is 5.28. The Balaban J connectivity index is 0.000000631. The van der Waals surface area contributed by atoms with Crippen molar-refractivity contribution in [2.45, 2.75) is 66.4 Å². The minimum Gasteiger partial charge on any atom is -0.460 e. The maximum atomic E-state index is 11.5. The van der Waals surface area contributed by atoms with Gasteiger partial charge in [-0.25, -0.2) is 0 Å². The van der Waals surface area contributed by atoms with E-state index in [2.05, 4.69) is 26.1 Å². The van der Waals surface area contributed by atoms with Gasteiger partial charge in [-0.3, -0.25) is 4.79 Å². The smallest absolute Gasteiger partial charge is 0.306 e. The summed E-state index contributed by atoms with van der Waals surface area (Å²) in [5, 5.41) is 3.28. The Labute approximate surface area is 113 Å². The summed E-state index contributed by atoms with van der Waals surface area (Å²) in [5.74, 6) is 1.30. The number of esters is 1. The number of piperidine rings is 1. The largest absolute Gasteiger partial charge is 0.460 e. The summed E-state index contributed by atoms with van der Waals surface area (Å²) >= 11 is 0. The molecule has 3 heteroatoms. The van der Waals surface area contributed by atoms with Gasteiger partial charge in [0, 0.05) is 6.42 Å². The molecule has 1 aliphatic rings. The molecule has 0 radical (unpaired) electrons. The van der Waals surface area contributed by atoms with Crippen LogP contribution < -0.4 is 5.32 Å². The van der Waals surface area contributed by atoms with Crippen molar-refractivity contribution in [3.63, 3.8) is 0 Å². The van der Waals surface area contributed by atoms with Gasteiger partial charge in [-0.1, -0.05) is 20.8 Å². The number of ether oxygens (including phenoxy) is 1. The first-order valence-corrected chi connectivity index (χ1v) is 7.13. The van der Waals surface area contributed by atoms with Gasteiger partial charge in [0.25, 0.3) is 0 Å². The van der Waals surface area contributed by atoms with Crippen molar-refractivity contribution in [1.29, 1.82) is 0 Å². The van der Waals surface area contributed by atoms with E-state index in [4.69, 9.17) is 4.74 Å². The van der Waals surface area contributed by atoms with E-state index >= 15 is 0 Å². The Hall–Kier alpha value is -0.570. The van der Waals surface area contributed by atoms with Gasteiger partial charge in [0.2, 0.25) is 0 Å². The molecule has 0 saturated carbocycles. The highest BCUT2D eigenvalue weighted by Crippen LogP contribution is 2.18. The Bertz CT molecular complexity index is 222. The molecule has 1 saturated heterocycles. The number of hydrogen-bond acceptors (Lipinski definition) is 3. The highest BCUT2D eigenvalue weighted by molar-refractivity contribution is 5.70. The molecule has 1 aliphatic heterocycles. The second-order valence-corrected chi connectivity index (χ2v) is 6.72. The van der Waals surface area contributed by atoms with Crippen molar-refractivity contribution in [3.05, 3.63) is 0 Å².